The number of thioether (sulfide) groups is 1. The van der Waals surface area contributed by atoms with E-state index in [1.807, 2.05) is 7.05 Å². The Labute approximate surface area is 197 Å². The molecule has 164 valence electrons. The van der Waals surface area contributed by atoms with Crippen LogP contribution >= 0.6 is 35.7 Å². The quantitative estimate of drug-likeness (QED) is 0.303. The molecule has 0 radical (unpaired) electrons. The van der Waals surface area contributed by atoms with Gasteiger partial charge >= 0.3 is 0 Å². The summed E-state index contributed by atoms with van der Waals surface area (Å²) in [5.41, 5.74) is 2.70. The maximum Gasteiger partial charge on any atom is 0.191 e. The van der Waals surface area contributed by atoms with Gasteiger partial charge in [-0.15, -0.1) is 24.0 Å². The number of likely N-dealkylation sites (tertiary alicyclic amines) is 1. The van der Waals surface area contributed by atoms with Gasteiger partial charge in [-0.3, -0.25) is 9.89 Å². The lowest BCUT2D eigenvalue weighted by molar-refractivity contribution is 0.0782. The molecule has 29 heavy (non-hydrogen) atoms. The molecule has 0 aromatic heterocycles. The first-order chi connectivity index (χ1) is 13.7. The number of guanidine groups is 1. The molecule has 2 N–H and O–H groups in total. The molecule has 0 atom stereocenters. The molecular formula is C22H37IN4OS. The summed E-state index contributed by atoms with van der Waals surface area (Å²) in [5.74, 6) is 2.01. The molecule has 0 spiro atoms. The van der Waals surface area contributed by atoms with E-state index in [2.05, 4.69) is 63.5 Å². The van der Waals surface area contributed by atoms with E-state index in [1.54, 1.807) is 0 Å². The predicted octanol–water partition coefficient (Wildman–Crippen LogP) is 3.87. The zero-order valence-corrected chi connectivity index (χ0v) is 21.1. The smallest absolute Gasteiger partial charge is 0.191 e. The highest BCUT2D eigenvalue weighted by Gasteiger charge is 2.32. The average molecular weight is 533 g/mol. The largest absolute Gasteiger partial charge is 0.381 e. The summed E-state index contributed by atoms with van der Waals surface area (Å²) in [7, 11) is 1.85. The summed E-state index contributed by atoms with van der Waals surface area (Å²) in [5, 5.41) is 7.02. The molecule has 1 aromatic carbocycles. The van der Waals surface area contributed by atoms with Crippen molar-refractivity contribution >= 4 is 41.7 Å². The summed E-state index contributed by atoms with van der Waals surface area (Å²) in [6, 6.07) is 9.00. The van der Waals surface area contributed by atoms with E-state index < -0.39 is 0 Å². The van der Waals surface area contributed by atoms with Crippen LogP contribution in [0.2, 0.25) is 0 Å². The van der Waals surface area contributed by atoms with Gasteiger partial charge < -0.3 is 15.4 Å². The molecule has 0 amide bonds. The van der Waals surface area contributed by atoms with Gasteiger partial charge in [0, 0.05) is 44.6 Å². The minimum atomic E-state index is 0. The Balaban J connectivity index is 0.00000300. The minimum Gasteiger partial charge on any atom is -0.381 e. The zero-order valence-electron chi connectivity index (χ0n) is 17.9. The van der Waals surface area contributed by atoms with Crippen LogP contribution in [0, 0.1) is 0 Å². The van der Waals surface area contributed by atoms with Gasteiger partial charge in [-0.1, -0.05) is 31.2 Å². The highest BCUT2D eigenvalue weighted by molar-refractivity contribution is 14.0. The lowest BCUT2D eigenvalue weighted by Crippen LogP contribution is -2.48. The molecule has 2 fully saturated rings. The third-order valence-corrected chi connectivity index (χ3v) is 7.20. The summed E-state index contributed by atoms with van der Waals surface area (Å²) >= 11 is 2.05. The number of aliphatic imine (C=N–C) groups is 1. The first-order valence-corrected chi connectivity index (χ1v) is 11.7. The molecule has 3 rings (SSSR count). The van der Waals surface area contributed by atoms with Crippen molar-refractivity contribution in [3.63, 3.8) is 0 Å². The SMILES string of the molecule is CCSC1(CNC(=NC)NCc2ccc(CN3CCCC3)cc2)CCOCC1.I. The molecule has 5 nitrogen and oxygen atoms in total. The lowest BCUT2D eigenvalue weighted by Gasteiger charge is -2.37. The van der Waals surface area contributed by atoms with E-state index in [4.69, 9.17) is 4.74 Å². The van der Waals surface area contributed by atoms with Crippen LogP contribution in [0.1, 0.15) is 43.7 Å². The van der Waals surface area contributed by atoms with Crippen LogP contribution in [0.5, 0.6) is 0 Å². The molecule has 1 aromatic rings. The van der Waals surface area contributed by atoms with Crippen molar-refractivity contribution in [1.82, 2.24) is 15.5 Å². The number of rotatable bonds is 8. The van der Waals surface area contributed by atoms with Crippen molar-refractivity contribution < 1.29 is 4.74 Å². The lowest BCUT2D eigenvalue weighted by atomic mass is 9.99. The molecule has 2 saturated heterocycles. The number of hydrogen-bond donors (Lipinski definition) is 2. The van der Waals surface area contributed by atoms with E-state index in [0.717, 1.165) is 57.4 Å². The van der Waals surface area contributed by atoms with Crippen molar-refractivity contribution in [2.24, 2.45) is 4.99 Å². The second-order valence-corrected chi connectivity index (χ2v) is 9.54. The highest BCUT2D eigenvalue weighted by atomic mass is 127. The number of halogens is 1. The Morgan fingerprint density at radius 3 is 2.38 bits per heavy atom. The monoisotopic (exact) mass is 532 g/mol. The van der Waals surface area contributed by atoms with Crippen molar-refractivity contribution in [3.05, 3.63) is 35.4 Å². The van der Waals surface area contributed by atoms with Gasteiger partial charge in [0.1, 0.15) is 0 Å². The standard InChI is InChI=1S/C22H36N4OS.HI/c1-3-28-22(10-14-27-15-11-22)18-25-21(23-2)24-16-19-6-8-20(9-7-19)17-26-12-4-5-13-26;/h6-9H,3-5,10-18H2,1-2H3,(H2,23,24,25);1H. The van der Waals surface area contributed by atoms with Crippen LogP contribution in [0.25, 0.3) is 0 Å². The first kappa shape index (κ1) is 24.8. The van der Waals surface area contributed by atoms with Crippen LogP contribution in [0.3, 0.4) is 0 Å². The van der Waals surface area contributed by atoms with E-state index in [0.29, 0.717) is 0 Å². The summed E-state index contributed by atoms with van der Waals surface area (Å²) < 4.78 is 5.84. The van der Waals surface area contributed by atoms with Gasteiger partial charge in [0.15, 0.2) is 5.96 Å². The molecule has 7 heteroatoms. The van der Waals surface area contributed by atoms with Gasteiger partial charge in [0.05, 0.1) is 0 Å². The fourth-order valence-electron chi connectivity index (χ4n) is 4.03. The fourth-order valence-corrected chi connectivity index (χ4v) is 5.28. The number of ether oxygens (including phenoxy) is 1. The number of nitrogens with one attached hydrogen (secondary N) is 2. The Kier molecular flexibility index (Phi) is 11.1. The Morgan fingerprint density at radius 2 is 1.76 bits per heavy atom. The second kappa shape index (κ2) is 13.0. The summed E-state index contributed by atoms with van der Waals surface area (Å²) in [6.45, 7) is 9.27. The Hall–Kier alpha value is -0.510. The summed E-state index contributed by atoms with van der Waals surface area (Å²) in [6.07, 6.45) is 4.90. The minimum absolute atomic E-state index is 0. The third kappa shape index (κ3) is 7.92. The number of nitrogens with zero attached hydrogens (tertiary/aromatic N) is 2. The fraction of sp³-hybridized carbons (Fsp3) is 0.682. The van der Waals surface area contributed by atoms with Gasteiger partial charge in [-0.05, 0) is 55.7 Å². The molecule has 0 unspecified atom stereocenters. The predicted molar refractivity (Wildman–Crippen MR) is 135 cm³/mol. The molecule has 0 saturated carbocycles. The third-order valence-electron chi connectivity index (χ3n) is 5.74. The van der Waals surface area contributed by atoms with Gasteiger partial charge in [0.25, 0.3) is 0 Å². The van der Waals surface area contributed by atoms with E-state index in [1.165, 1.54) is 37.1 Å². The molecule has 0 bridgehead atoms. The van der Waals surface area contributed by atoms with Crippen LogP contribution in [0.15, 0.2) is 29.3 Å². The van der Waals surface area contributed by atoms with Crippen molar-refractivity contribution in [2.75, 3.05) is 45.6 Å². The van der Waals surface area contributed by atoms with E-state index in [9.17, 15) is 0 Å². The van der Waals surface area contributed by atoms with Crippen molar-refractivity contribution in [3.8, 4) is 0 Å². The number of hydrogen-bond acceptors (Lipinski definition) is 4. The molecule has 2 aliphatic rings. The maximum atomic E-state index is 5.57. The Bertz CT molecular complexity index is 608. The first-order valence-electron chi connectivity index (χ1n) is 10.7. The van der Waals surface area contributed by atoms with Crippen LogP contribution in [-0.2, 0) is 17.8 Å². The van der Waals surface area contributed by atoms with Crippen LogP contribution in [0.4, 0.5) is 0 Å². The Morgan fingerprint density at radius 1 is 1.10 bits per heavy atom. The molecule has 0 aliphatic carbocycles. The van der Waals surface area contributed by atoms with Crippen molar-refractivity contribution in [1.29, 1.82) is 0 Å². The van der Waals surface area contributed by atoms with Gasteiger partial charge in [-0.2, -0.15) is 11.8 Å². The van der Waals surface area contributed by atoms with Gasteiger partial charge in [0.2, 0.25) is 0 Å². The molecular weight excluding hydrogens is 495 g/mol. The zero-order chi connectivity index (χ0) is 19.7. The average Bonchev–Trinajstić information content (AvgIpc) is 3.23. The number of benzene rings is 1. The van der Waals surface area contributed by atoms with Crippen LogP contribution < -0.4 is 10.6 Å². The normalized spacial score (nSPS) is 19.6. The van der Waals surface area contributed by atoms with Crippen LogP contribution in [-0.4, -0.2) is 61.3 Å². The second-order valence-electron chi connectivity index (χ2n) is 7.81. The topological polar surface area (TPSA) is 48.9 Å². The summed E-state index contributed by atoms with van der Waals surface area (Å²) in [4.78, 5) is 6.95. The maximum absolute atomic E-state index is 5.57. The molecule has 2 aliphatic heterocycles. The van der Waals surface area contributed by atoms with E-state index >= 15 is 0 Å². The highest BCUT2D eigenvalue weighted by Crippen LogP contribution is 2.34. The molecule has 2 heterocycles. The van der Waals surface area contributed by atoms with Crippen molar-refractivity contribution in [2.45, 2.75) is 50.4 Å². The van der Waals surface area contributed by atoms with E-state index in [-0.39, 0.29) is 28.7 Å². The van der Waals surface area contributed by atoms with Gasteiger partial charge in [-0.25, -0.2) is 0 Å².